The van der Waals surface area contributed by atoms with Crippen LogP contribution in [0, 0.1) is 0 Å². The van der Waals surface area contributed by atoms with Crippen LogP contribution in [0.15, 0.2) is 22.8 Å². The van der Waals surface area contributed by atoms with Crippen LogP contribution in [0.3, 0.4) is 0 Å². The fourth-order valence-corrected chi connectivity index (χ4v) is 9.42. The van der Waals surface area contributed by atoms with E-state index in [9.17, 15) is 0 Å². The van der Waals surface area contributed by atoms with Crippen molar-refractivity contribution < 1.29 is 31.0 Å². The van der Waals surface area contributed by atoms with E-state index in [2.05, 4.69) is 10.2 Å². The zero-order valence-electron chi connectivity index (χ0n) is 23.1. The molecule has 0 saturated carbocycles. The minimum Gasteiger partial charge on any atom is -0.467 e. The van der Waals surface area contributed by atoms with Crippen LogP contribution in [-0.2, 0) is 33.1 Å². The van der Waals surface area contributed by atoms with E-state index in [0.29, 0.717) is 51.3 Å². The van der Waals surface area contributed by atoms with Crippen LogP contribution in [-0.4, -0.2) is 80.4 Å². The van der Waals surface area contributed by atoms with Gasteiger partial charge in [0.05, 0.1) is 12.8 Å². The van der Waals surface area contributed by atoms with Crippen LogP contribution in [0.4, 0.5) is 0 Å². The van der Waals surface area contributed by atoms with Gasteiger partial charge in [0.2, 0.25) is 0 Å². The van der Waals surface area contributed by atoms with Crippen LogP contribution in [0.5, 0.6) is 0 Å². The fourth-order valence-electron chi connectivity index (χ4n) is 3.98. The molecule has 1 heterocycles. The van der Waals surface area contributed by atoms with Crippen molar-refractivity contribution in [3.05, 3.63) is 24.2 Å². The maximum absolute atomic E-state index is 6.03. The number of nitrogens with zero attached hydrogens (tertiary/aromatic N) is 1. The highest BCUT2D eigenvalue weighted by molar-refractivity contribution is 7.80. The molecule has 0 aromatic carbocycles. The van der Waals surface area contributed by atoms with Gasteiger partial charge in [-0.25, -0.2) is 0 Å². The maximum Gasteiger partial charge on any atom is 0.500 e. The second-order valence-electron chi connectivity index (χ2n) is 7.90. The van der Waals surface area contributed by atoms with E-state index in [4.69, 9.17) is 43.2 Å². The average Bonchev–Trinajstić information content (AvgIpc) is 3.36. The summed E-state index contributed by atoms with van der Waals surface area (Å²) in [5.41, 5.74) is 0. The summed E-state index contributed by atoms with van der Waals surface area (Å²) in [6, 6.07) is 5.26. The summed E-state index contributed by atoms with van der Waals surface area (Å²) in [5.74, 6) is 0.836. The third kappa shape index (κ3) is 12.1. The van der Waals surface area contributed by atoms with E-state index in [1.807, 2.05) is 53.7 Å². The smallest absolute Gasteiger partial charge is 0.467 e. The molecule has 9 nitrogen and oxygen atoms in total. The normalized spacial score (nSPS) is 12.2. The molecule has 0 aliphatic carbocycles. The third-order valence-corrected chi connectivity index (χ3v) is 12.0. The first-order valence-corrected chi connectivity index (χ1v) is 17.6. The third-order valence-electron chi connectivity index (χ3n) is 5.29. The van der Waals surface area contributed by atoms with Crippen LogP contribution in [0.2, 0.25) is 12.1 Å². The molecule has 1 aromatic heterocycles. The molecule has 12 heteroatoms. The number of rotatable bonds is 22. The average molecular weight is 565 g/mol. The molecule has 0 bridgehead atoms. The summed E-state index contributed by atoms with van der Waals surface area (Å²) in [6.07, 6.45) is 3.33. The van der Waals surface area contributed by atoms with E-state index in [1.165, 1.54) is 0 Å². The van der Waals surface area contributed by atoms with Gasteiger partial charge >= 0.3 is 17.6 Å². The summed E-state index contributed by atoms with van der Waals surface area (Å²) < 4.78 is 41.6. The lowest BCUT2D eigenvalue weighted by Crippen LogP contribution is -2.48. The van der Waals surface area contributed by atoms with Crippen molar-refractivity contribution in [3.8, 4) is 0 Å². The molecule has 210 valence electrons. The molecule has 0 aliphatic rings. The Morgan fingerprint density at radius 1 is 0.778 bits per heavy atom. The topological polar surface area (TPSA) is 83.8 Å². The second-order valence-corrected chi connectivity index (χ2v) is 13.7. The first-order valence-electron chi connectivity index (χ1n) is 13.3. The Kier molecular flexibility index (Phi) is 17.8. The van der Waals surface area contributed by atoms with Crippen molar-refractivity contribution in [2.45, 2.75) is 73.0 Å². The summed E-state index contributed by atoms with van der Waals surface area (Å²) >= 11 is 5.78. The standard InChI is InChI=1S/C24H48N2O7SSi2/c1-7-28-35(29-8-2,30-9-3)20-14-17-26(24(34)25-22-23-16-13-19-27-23)18-15-21-36(31-10-4,32-11-5)33-12-6/h13,16,19H,7-12,14-15,17-18,20-22H2,1-6H3,(H,25,34). The van der Waals surface area contributed by atoms with Gasteiger partial charge in [0.1, 0.15) is 5.76 Å². The van der Waals surface area contributed by atoms with Crippen LogP contribution < -0.4 is 5.32 Å². The van der Waals surface area contributed by atoms with Crippen molar-refractivity contribution >= 4 is 34.9 Å². The predicted octanol–water partition coefficient (Wildman–Crippen LogP) is 4.83. The Morgan fingerprint density at radius 2 is 1.19 bits per heavy atom. The molecule has 1 aromatic rings. The zero-order valence-corrected chi connectivity index (χ0v) is 26.0. The van der Waals surface area contributed by atoms with Crippen LogP contribution in [0.1, 0.15) is 60.1 Å². The summed E-state index contributed by atoms with van der Waals surface area (Å²) in [4.78, 5) is 2.18. The highest BCUT2D eigenvalue weighted by Crippen LogP contribution is 2.21. The van der Waals surface area contributed by atoms with Gasteiger partial charge < -0.3 is 41.2 Å². The minimum atomic E-state index is -2.71. The SMILES string of the molecule is CCO[Si](CCCN(CCC[Si](OCC)(OCC)OCC)C(=S)NCc1ccco1)(OCC)OCC. The monoisotopic (exact) mass is 564 g/mol. The van der Waals surface area contributed by atoms with Crippen LogP contribution >= 0.6 is 12.2 Å². The molecule has 1 N–H and O–H groups in total. The van der Waals surface area contributed by atoms with Gasteiger partial charge in [0.15, 0.2) is 5.11 Å². The van der Waals surface area contributed by atoms with Gasteiger partial charge in [-0.3, -0.25) is 0 Å². The molecule has 0 unspecified atom stereocenters. The molecule has 1 rings (SSSR count). The quantitative estimate of drug-likeness (QED) is 0.156. The number of hydrogen-bond acceptors (Lipinski definition) is 8. The Morgan fingerprint density at radius 3 is 1.53 bits per heavy atom. The Labute approximate surface area is 225 Å². The molecule has 0 radical (unpaired) electrons. The van der Waals surface area contributed by atoms with Crippen LogP contribution in [0.25, 0.3) is 0 Å². The zero-order chi connectivity index (χ0) is 26.7. The van der Waals surface area contributed by atoms with E-state index in [0.717, 1.165) is 43.8 Å². The van der Waals surface area contributed by atoms with E-state index in [1.54, 1.807) is 6.26 Å². The van der Waals surface area contributed by atoms with E-state index in [-0.39, 0.29) is 0 Å². The van der Waals surface area contributed by atoms with Gasteiger partial charge in [-0.15, -0.1) is 0 Å². The lowest BCUT2D eigenvalue weighted by atomic mass is 10.3. The largest absolute Gasteiger partial charge is 0.500 e. The molecule has 0 aliphatic heterocycles. The predicted molar refractivity (Wildman–Crippen MR) is 150 cm³/mol. The summed E-state index contributed by atoms with van der Waals surface area (Å²) in [7, 11) is -5.42. The molecule has 0 fully saturated rings. The van der Waals surface area contributed by atoms with Gasteiger partial charge in [0.25, 0.3) is 0 Å². The first kappa shape index (κ1) is 33.2. The summed E-state index contributed by atoms with van der Waals surface area (Å²) in [5, 5.41) is 4.01. The molecule has 0 saturated heterocycles. The number of hydrogen-bond donors (Lipinski definition) is 1. The second kappa shape index (κ2) is 19.3. The number of nitrogens with one attached hydrogen (secondary N) is 1. The molecule has 36 heavy (non-hydrogen) atoms. The van der Waals surface area contributed by atoms with E-state index < -0.39 is 17.6 Å². The fraction of sp³-hybridized carbons (Fsp3) is 0.792. The number of furan rings is 1. The molecule has 0 atom stereocenters. The molecule has 0 spiro atoms. The molecular formula is C24H48N2O7SSi2. The lowest BCUT2D eigenvalue weighted by Gasteiger charge is -2.32. The van der Waals surface area contributed by atoms with Gasteiger partial charge in [-0.1, -0.05) is 0 Å². The van der Waals surface area contributed by atoms with Crippen molar-refractivity contribution in [1.29, 1.82) is 0 Å². The highest BCUT2D eigenvalue weighted by atomic mass is 32.1. The minimum absolute atomic E-state index is 0.535. The first-order chi connectivity index (χ1) is 17.4. The Bertz CT molecular complexity index is 619. The van der Waals surface area contributed by atoms with Gasteiger partial charge in [-0.2, -0.15) is 0 Å². The molecule has 0 amide bonds. The van der Waals surface area contributed by atoms with Crippen molar-refractivity contribution in [1.82, 2.24) is 10.2 Å². The molecular weight excluding hydrogens is 517 g/mol. The van der Waals surface area contributed by atoms with E-state index >= 15 is 0 Å². The maximum atomic E-state index is 6.03. The van der Waals surface area contributed by atoms with Crippen molar-refractivity contribution in [3.63, 3.8) is 0 Å². The lowest BCUT2D eigenvalue weighted by molar-refractivity contribution is 0.0702. The van der Waals surface area contributed by atoms with Crippen molar-refractivity contribution in [2.24, 2.45) is 0 Å². The van der Waals surface area contributed by atoms with Gasteiger partial charge in [0, 0.05) is 64.8 Å². The number of thiocarbonyl (C=S) groups is 1. The van der Waals surface area contributed by atoms with Gasteiger partial charge in [-0.05, 0) is 78.7 Å². The summed E-state index contributed by atoms with van der Waals surface area (Å²) in [6.45, 7) is 17.3. The Balaban J connectivity index is 2.85. The van der Waals surface area contributed by atoms with Crippen molar-refractivity contribution in [2.75, 3.05) is 52.7 Å². The Hall–Kier alpha value is -0.836. The highest BCUT2D eigenvalue weighted by Gasteiger charge is 2.41.